The fourth-order valence-corrected chi connectivity index (χ4v) is 3.64. The van der Waals surface area contributed by atoms with Crippen LogP contribution < -0.4 is 20.7 Å². The van der Waals surface area contributed by atoms with Crippen molar-refractivity contribution in [2.24, 2.45) is 0 Å². The van der Waals surface area contributed by atoms with Gasteiger partial charge in [0.25, 0.3) is 0 Å². The van der Waals surface area contributed by atoms with Crippen LogP contribution in [0.25, 0.3) is 11.3 Å². The van der Waals surface area contributed by atoms with Crippen molar-refractivity contribution in [3.05, 3.63) is 36.4 Å². The molecule has 0 unspecified atom stereocenters. The van der Waals surface area contributed by atoms with Gasteiger partial charge in [0.15, 0.2) is 0 Å². The molecule has 0 bridgehead atoms. The Hall–Kier alpha value is -3.43. The molecule has 1 saturated carbocycles. The second-order valence-electron chi connectivity index (χ2n) is 8.93. The largest absolute Gasteiger partial charge is 0.496 e. The van der Waals surface area contributed by atoms with Crippen LogP contribution in [-0.2, 0) is 4.74 Å². The molecule has 178 valence electrons. The second kappa shape index (κ2) is 10.5. The average molecular weight is 460 g/mol. The van der Waals surface area contributed by atoms with Gasteiger partial charge in [-0.2, -0.15) is 0 Å². The Labute approximate surface area is 192 Å². The van der Waals surface area contributed by atoms with Crippen molar-refractivity contribution in [3.8, 4) is 17.0 Å². The van der Waals surface area contributed by atoms with E-state index in [0.717, 1.165) is 25.7 Å². The van der Waals surface area contributed by atoms with Crippen LogP contribution in [-0.4, -0.2) is 46.9 Å². The number of carbonyl (C=O) groups is 2. The summed E-state index contributed by atoms with van der Waals surface area (Å²) in [4.78, 5) is 32.7. The number of benzene rings is 1. The Balaban J connectivity index is 1.51. The molecule has 0 radical (unpaired) electrons. The number of nitrogens with zero attached hydrogens (tertiary/aromatic N) is 2. The molecule has 0 saturated heterocycles. The Morgan fingerprint density at radius 2 is 1.70 bits per heavy atom. The van der Waals surface area contributed by atoms with E-state index in [2.05, 4.69) is 25.9 Å². The quantitative estimate of drug-likeness (QED) is 0.616. The molecule has 0 atom stereocenters. The topological polar surface area (TPSA) is 114 Å². The summed E-state index contributed by atoms with van der Waals surface area (Å²) in [6.45, 7) is 5.47. The smallest absolute Gasteiger partial charge is 0.407 e. The minimum absolute atomic E-state index is 0.0137. The number of aromatic nitrogens is 2. The summed E-state index contributed by atoms with van der Waals surface area (Å²) in [5, 5.41) is 8.54. The van der Waals surface area contributed by atoms with E-state index in [-0.39, 0.29) is 18.1 Å². The predicted molar refractivity (Wildman–Crippen MR) is 122 cm³/mol. The lowest BCUT2D eigenvalue weighted by Gasteiger charge is -2.30. The van der Waals surface area contributed by atoms with Crippen molar-refractivity contribution in [1.29, 1.82) is 0 Å². The molecule has 10 heteroatoms. The molecule has 1 aliphatic carbocycles. The fourth-order valence-electron chi connectivity index (χ4n) is 3.64. The second-order valence-corrected chi connectivity index (χ2v) is 8.93. The number of nitrogens with one attached hydrogen (secondary N) is 3. The highest BCUT2D eigenvalue weighted by Gasteiger charge is 2.25. The van der Waals surface area contributed by atoms with E-state index in [4.69, 9.17) is 9.47 Å². The van der Waals surface area contributed by atoms with Gasteiger partial charge in [-0.05, 0) is 58.6 Å². The summed E-state index contributed by atoms with van der Waals surface area (Å²) in [5.74, 6) is 0.225. The molecule has 9 nitrogen and oxygen atoms in total. The maximum absolute atomic E-state index is 13.5. The van der Waals surface area contributed by atoms with Gasteiger partial charge in [0.1, 0.15) is 29.3 Å². The van der Waals surface area contributed by atoms with E-state index in [0.29, 0.717) is 22.8 Å². The molecule has 2 aromatic rings. The number of anilines is 1. The first kappa shape index (κ1) is 24.2. The van der Waals surface area contributed by atoms with Gasteiger partial charge >= 0.3 is 12.1 Å². The average Bonchev–Trinajstić information content (AvgIpc) is 2.73. The van der Waals surface area contributed by atoms with Crippen LogP contribution >= 0.6 is 0 Å². The lowest BCUT2D eigenvalue weighted by molar-refractivity contribution is 0.0490. The number of amides is 3. The first-order chi connectivity index (χ1) is 15.6. The van der Waals surface area contributed by atoms with Crippen LogP contribution in [0.2, 0.25) is 0 Å². The SMILES string of the molecule is COc1cc(F)ccc1-c1cc(NC(=O)NC2CCC(NC(=O)OC(C)(C)C)CC2)ncn1. The van der Waals surface area contributed by atoms with E-state index >= 15 is 0 Å². The first-order valence-corrected chi connectivity index (χ1v) is 10.9. The van der Waals surface area contributed by atoms with Gasteiger partial charge in [-0.3, -0.25) is 5.32 Å². The van der Waals surface area contributed by atoms with Crippen molar-refractivity contribution in [2.75, 3.05) is 12.4 Å². The van der Waals surface area contributed by atoms with Gasteiger partial charge in [-0.25, -0.2) is 23.9 Å². The third-order valence-corrected chi connectivity index (χ3v) is 5.13. The van der Waals surface area contributed by atoms with E-state index in [9.17, 15) is 14.0 Å². The summed E-state index contributed by atoms with van der Waals surface area (Å²) in [5.41, 5.74) is 0.537. The van der Waals surface area contributed by atoms with E-state index < -0.39 is 17.5 Å². The molecule has 1 fully saturated rings. The molecular formula is C23H30FN5O4. The molecule has 1 heterocycles. The highest BCUT2D eigenvalue weighted by molar-refractivity contribution is 5.89. The minimum Gasteiger partial charge on any atom is -0.496 e. The van der Waals surface area contributed by atoms with Crippen molar-refractivity contribution in [3.63, 3.8) is 0 Å². The highest BCUT2D eigenvalue weighted by Crippen LogP contribution is 2.30. The lowest BCUT2D eigenvalue weighted by atomic mass is 9.91. The zero-order chi connectivity index (χ0) is 24.0. The summed E-state index contributed by atoms with van der Waals surface area (Å²) in [7, 11) is 1.45. The van der Waals surface area contributed by atoms with Crippen LogP contribution in [0.15, 0.2) is 30.6 Å². The molecule has 1 aliphatic rings. The van der Waals surface area contributed by atoms with Gasteiger partial charge in [0, 0.05) is 29.8 Å². The summed E-state index contributed by atoms with van der Waals surface area (Å²) in [6.07, 6.45) is 3.85. The molecule has 33 heavy (non-hydrogen) atoms. The van der Waals surface area contributed by atoms with E-state index in [1.165, 1.54) is 25.6 Å². The van der Waals surface area contributed by atoms with Gasteiger partial charge in [-0.1, -0.05) is 0 Å². The van der Waals surface area contributed by atoms with Crippen molar-refractivity contribution in [1.82, 2.24) is 20.6 Å². The Bertz CT molecular complexity index is 987. The molecular weight excluding hydrogens is 429 g/mol. The molecule has 0 spiro atoms. The number of halogens is 1. The summed E-state index contributed by atoms with van der Waals surface area (Å²) < 4.78 is 24.0. The normalized spacial score (nSPS) is 18.2. The Morgan fingerprint density at radius 1 is 1.03 bits per heavy atom. The van der Waals surface area contributed by atoms with Crippen molar-refractivity contribution < 1.29 is 23.5 Å². The number of rotatable bonds is 5. The van der Waals surface area contributed by atoms with Crippen LogP contribution in [0.4, 0.5) is 19.8 Å². The molecule has 1 aromatic carbocycles. The number of hydrogen-bond donors (Lipinski definition) is 3. The maximum Gasteiger partial charge on any atom is 0.407 e. The number of ether oxygens (including phenoxy) is 2. The fraction of sp³-hybridized carbons (Fsp3) is 0.478. The van der Waals surface area contributed by atoms with Crippen LogP contribution in [0.5, 0.6) is 5.75 Å². The van der Waals surface area contributed by atoms with Gasteiger partial charge < -0.3 is 20.1 Å². The minimum atomic E-state index is -0.538. The molecule has 3 N–H and O–H groups in total. The van der Waals surface area contributed by atoms with Crippen molar-refractivity contribution in [2.45, 2.75) is 64.1 Å². The van der Waals surface area contributed by atoms with Crippen LogP contribution in [0, 0.1) is 5.82 Å². The standard InChI is InChI=1S/C23H30FN5O4/c1-23(2,3)33-22(31)28-16-8-6-15(7-9-16)27-21(30)29-20-12-18(25-13-26-20)17-10-5-14(24)11-19(17)32-4/h5,10-13,15-16H,6-9H2,1-4H3,(H,28,31)(H2,25,26,27,29,30). The molecule has 0 aliphatic heterocycles. The maximum atomic E-state index is 13.5. The van der Waals surface area contributed by atoms with E-state index in [1.807, 2.05) is 20.8 Å². The number of carbonyl (C=O) groups excluding carboxylic acids is 2. The first-order valence-electron chi connectivity index (χ1n) is 10.9. The zero-order valence-corrected chi connectivity index (χ0v) is 19.3. The van der Waals surface area contributed by atoms with Gasteiger partial charge in [0.2, 0.25) is 0 Å². The van der Waals surface area contributed by atoms with Crippen molar-refractivity contribution >= 4 is 17.9 Å². The molecule has 1 aromatic heterocycles. The van der Waals surface area contributed by atoms with Gasteiger partial charge in [0.05, 0.1) is 12.8 Å². The lowest BCUT2D eigenvalue weighted by Crippen LogP contribution is -2.46. The van der Waals surface area contributed by atoms with Gasteiger partial charge in [-0.15, -0.1) is 0 Å². The third kappa shape index (κ3) is 7.30. The Morgan fingerprint density at radius 3 is 2.33 bits per heavy atom. The summed E-state index contributed by atoms with van der Waals surface area (Å²) >= 11 is 0. The molecule has 3 rings (SSSR count). The predicted octanol–water partition coefficient (Wildman–Crippen LogP) is 4.25. The number of urea groups is 1. The Kier molecular flexibility index (Phi) is 7.67. The number of hydrogen-bond acceptors (Lipinski definition) is 6. The number of alkyl carbamates (subject to hydrolysis) is 1. The van der Waals surface area contributed by atoms with Crippen LogP contribution in [0.3, 0.4) is 0 Å². The monoisotopic (exact) mass is 459 g/mol. The summed E-state index contributed by atoms with van der Waals surface area (Å²) in [6, 6.07) is 5.37. The van der Waals surface area contributed by atoms with Crippen LogP contribution in [0.1, 0.15) is 46.5 Å². The number of methoxy groups -OCH3 is 1. The van der Waals surface area contributed by atoms with E-state index in [1.54, 1.807) is 12.1 Å². The molecule has 3 amide bonds. The zero-order valence-electron chi connectivity index (χ0n) is 19.3. The third-order valence-electron chi connectivity index (χ3n) is 5.13. The highest BCUT2D eigenvalue weighted by atomic mass is 19.1.